The molecule has 0 fully saturated rings. The van der Waals surface area contributed by atoms with Crippen molar-refractivity contribution in [1.29, 1.82) is 0 Å². The first-order valence-electron chi connectivity index (χ1n) is 12.5. The van der Waals surface area contributed by atoms with Gasteiger partial charge in [0.15, 0.2) is 0 Å². The molecule has 0 aliphatic rings. The number of ether oxygens (including phenoxy) is 1. The summed E-state index contributed by atoms with van der Waals surface area (Å²) in [7, 11) is -3.57. The molecule has 0 spiro atoms. The van der Waals surface area contributed by atoms with Gasteiger partial charge >= 0.3 is 0 Å². The van der Waals surface area contributed by atoms with E-state index in [0.29, 0.717) is 23.1 Å². The van der Waals surface area contributed by atoms with Crippen LogP contribution in [0.4, 0.5) is 5.69 Å². The van der Waals surface area contributed by atoms with Gasteiger partial charge in [-0.25, -0.2) is 8.42 Å². The zero-order valence-corrected chi connectivity index (χ0v) is 23.8. The molecule has 10 heteroatoms. The highest BCUT2D eigenvalue weighted by Crippen LogP contribution is 2.23. The van der Waals surface area contributed by atoms with Crippen molar-refractivity contribution in [2.75, 3.05) is 23.7 Å². The smallest absolute Gasteiger partial charge is 0.242 e. The first-order chi connectivity index (χ1) is 17.5. The summed E-state index contributed by atoms with van der Waals surface area (Å²) in [6, 6.07) is 13.2. The Hall–Kier alpha value is -2.78. The number of nitrogens with zero attached hydrogens (tertiary/aromatic N) is 2. The number of carbonyl (C=O) groups excluding carboxylic acids is 2. The van der Waals surface area contributed by atoms with Gasteiger partial charge in [-0.1, -0.05) is 30.7 Å². The van der Waals surface area contributed by atoms with Crippen molar-refractivity contribution in [2.24, 2.45) is 0 Å². The Morgan fingerprint density at radius 3 is 2.32 bits per heavy atom. The summed E-state index contributed by atoms with van der Waals surface area (Å²) in [6.45, 7) is 8.30. The summed E-state index contributed by atoms with van der Waals surface area (Å²) in [5, 5.41) is 3.48. The van der Waals surface area contributed by atoms with Crippen LogP contribution in [0.3, 0.4) is 0 Å². The number of anilines is 1. The Labute approximate surface area is 226 Å². The van der Waals surface area contributed by atoms with Gasteiger partial charge in [-0.3, -0.25) is 13.9 Å². The lowest BCUT2D eigenvalue weighted by Crippen LogP contribution is -2.49. The average molecular weight is 552 g/mol. The number of rotatable bonds is 14. The van der Waals surface area contributed by atoms with Crippen molar-refractivity contribution >= 4 is 39.1 Å². The van der Waals surface area contributed by atoms with Gasteiger partial charge in [0.1, 0.15) is 11.8 Å². The lowest BCUT2D eigenvalue weighted by molar-refractivity contribution is -0.140. The Bertz CT molecular complexity index is 1140. The largest absolute Gasteiger partial charge is 0.494 e. The number of nitrogens with one attached hydrogen (secondary N) is 1. The number of benzene rings is 2. The Kier molecular flexibility index (Phi) is 11.7. The van der Waals surface area contributed by atoms with Crippen LogP contribution in [-0.4, -0.2) is 56.6 Å². The third kappa shape index (κ3) is 9.55. The zero-order chi connectivity index (χ0) is 27.6. The maximum atomic E-state index is 13.3. The highest BCUT2D eigenvalue weighted by atomic mass is 35.5. The molecule has 2 rings (SSSR count). The Morgan fingerprint density at radius 2 is 1.76 bits per heavy atom. The topological polar surface area (TPSA) is 96.0 Å². The van der Waals surface area contributed by atoms with Gasteiger partial charge in [0, 0.05) is 30.6 Å². The molecule has 2 aromatic carbocycles. The lowest BCUT2D eigenvalue weighted by atomic mass is 10.1. The number of halogens is 1. The van der Waals surface area contributed by atoms with E-state index in [1.54, 1.807) is 49.4 Å². The Morgan fingerprint density at radius 1 is 1.08 bits per heavy atom. The van der Waals surface area contributed by atoms with Crippen LogP contribution in [0, 0.1) is 0 Å². The van der Waals surface area contributed by atoms with E-state index in [2.05, 4.69) is 5.32 Å². The van der Waals surface area contributed by atoms with E-state index in [1.165, 1.54) is 9.21 Å². The molecular weight excluding hydrogens is 514 g/mol. The minimum absolute atomic E-state index is 0.0181. The number of carbonyl (C=O) groups is 2. The number of amides is 2. The highest BCUT2D eigenvalue weighted by molar-refractivity contribution is 7.92. The molecule has 2 amide bonds. The van der Waals surface area contributed by atoms with E-state index in [-0.39, 0.29) is 43.8 Å². The van der Waals surface area contributed by atoms with Crippen molar-refractivity contribution in [1.82, 2.24) is 10.2 Å². The van der Waals surface area contributed by atoms with Crippen LogP contribution in [0.5, 0.6) is 5.75 Å². The predicted molar refractivity (Wildman–Crippen MR) is 148 cm³/mol. The average Bonchev–Trinajstić information content (AvgIpc) is 2.84. The third-order valence-electron chi connectivity index (χ3n) is 6.00. The maximum absolute atomic E-state index is 13.3. The number of sulfonamides is 1. The fourth-order valence-electron chi connectivity index (χ4n) is 3.76. The van der Waals surface area contributed by atoms with Gasteiger partial charge in [-0.15, -0.1) is 0 Å². The molecule has 204 valence electrons. The molecule has 0 aromatic heterocycles. The summed E-state index contributed by atoms with van der Waals surface area (Å²) in [6.07, 6.45) is 2.26. The quantitative estimate of drug-likeness (QED) is 0.370. The van der Waals surface area contributed by atoms with Gasteiger partial charge in [0.2, 0.25) is 21.8 Å². The van der Waals surface area contributed by atoms with Crippen molar-refractivity contribution in [3.63, 3.8) is 0 Å². The molecule has 2 unspecified atom stereocenters. The van der Waals surface area contributed by atoms with Crippen molar-refractivity contribution in [3.8, 4) is 5.75 Å². The van der Waals surface area contributed by atoms with Crippen LogP contribution in [0.1, 0.15) is 52.5 Å². The molecule has 8 nitrogen and oxygen atoms in total. The molecule has 0 radical (unpaired) electrons. The normalized spacial score (nSPS) is 12.9. The highest BCUT2D eigenvalue weighted by Gasteiger charge is 2.27. The second-order valence-corrected chi connectivity index (χ2v) is 11.4. The van der Waals surface area contributed by atoms with E-state index >= 15 is 0 Å². The predicted octanol–water partition coefficient (Wildman–Crippen LogP) is 4.62. The molecular formula is C27H38ClN3O5S. The van der Waals surface area contributed by atoms with Gasteiger partial charge in [0.05, 0.1) is 18.6 Å². The summed E-state index contributed by atoms with van der Waals surface area (Å²) >= 11 is 6.13. The van der Waals surface area contributed by atoms with Gasteiger partial charge < -0.3 is 15.0 Å². The molecule has 0 heterocycles. The maximum Gasteiger partial charge on any atom is 0.242 e. The second kappa shape index (κ2) is 14.2. The van der Waals surface area contributed by atoms with Gasteiger partial charge in [0.25, 0.3) is 0 Å². The molecule has 37 heavy (non-hydrogen) atoms. The number of hydrogen-bond donors (Lipinski definition) is 1. The summed E-state index contributed by atoms with van der Waals surface area (Å²) in [4.78, 5) is 27.7. The fraction of sp³-hybridized carbons (Fsp3) is 0.481. The standard InChI is InChI=1S/C27H38ClN3O5S/c1-6-20(3)29-27(33)21(4)30(19-22-10-8-11-23(28)18-22)26(32)12-9-17-31(37(5,34)35)24-13-15-25(16-14-24)36-7-2/h8,10-11,13-16,18,20-21H,6-7,9,12,17,19H2,1-5H3,(H,29,33). The minimum atomic E-state index is -3.57. The summed E-state index contributed by atoms with van der Waals surface area (Å²) in [5.74, 6) is 0.167. The fourth-order valence-corrected chi connectivity index (χ4v) is 4.94. The minimum Gasteiger partial charge on any atom is -0.494 e. The van der Waals surface area contributed by atoms with Gasteiger partial charge in [-0.2, -0.15) is 0 Å². The molecule has 2 aromatic rings. The van der Waals surface area contributed by atoms with Crippen LogP contribution in [-0.2, 0) is 26.2 Å². The van der Waals surface area contributed by atoms with Crippen LogP contribution in [0.25, 0.3) is 0 Å². The van der Waals surface area contributed by atoms with Crippen molar-refractivity contribution in [3.05, 3.63) is 59.1 Å². The van der Waals surface area contributed by atoms with Gasteiger partial charge in [-0.05, 0) is 75.6 Å². The van der Waals surface area contributed by atoms with E-state index in [4.69, 9.17) is 16.3 Å². The third-order valence-corrected chi connectivity index (χ3v) is 7.43. The molecule has 0 aliphatic heterocycles. The molecule has 1 N–H and O–H groups in total. The van der Waals surface area contributed by atoms with Crippen LogP contribution in [0.15, 0.2) is 48.5 Å². The molecule has 2 atom stereocenters. The van der Waals surface area contributed by atoms with Crippen LogP contribution < -0.4 is 14.4 Å². The van der Waals surface area contributed by atoms with Crippen molar-refractivity contribution < 1.29 is 22.7 Å². The molecule has 0 bridgehead atoms. The summed E-state index contributed by atoms with van der Waals surface area (Å²) < 4.78 is 31.7. The SMILES string of the molecule is CCOc1ccc(N(CCCC(=O)N(Cc2cccc(Cl)c2)C(C)C(=O)NC(C)CC)S(C)(=O)=O)cc1. The number of hydrogen-bond acceptors (Lipinski definition) is 5. The molecule has 0 aliphatic carbocycles. The van der Waals surface area contributed by atoms with Crippen LogP contribution >= 0.6 is 11.6 Å². The lowest BCUT2D eigenvalue weighted by Gasteiger charge is -2.30. The summed E-state index contributed by atoms with van der Waals surface area (Å²) in [5.41, 5.74) is 1.30. The van der Waals surface area contributed by atoms with Crippen molar-refractivity contribution in [2.45, 2.75) is 65.6 Å². The van der Waals surface area contributed by atoms with E-state index < -0.39 is 16.1 Å². The molecule has 0 saturated carbocycles. The first kappa shape index (κ1) is 30.4. The zero-order valence-electron chi connectivity index (χ0n) is 22.2. The van der Waals surface area contributed by atoms with Crippen LogP contribution in [0.2, 0.25) is 5.02 Å². The first-order valence-corrected chi connectivity index (χ1v) is 14.7. The second-order valence-electron chi connectivity index (χ2n) is 9.01. The van der Waals surface area contributed by atoms with E-state index in [9.17, 15) is 18.0 Å². The monoisotopic (exact) mass is 551 g/mol. The van der Waals surface area contributed by atoms with E-state index in [1.807, 2.05) is 26.8 Å². The molecule has 0 saturated heterocycles. The Balaban J connectivity index is 2.16. The van der Waals surface area contributed by atoms with E-state index in [0.717, 1.165) is 18.2 Å².